The van der Waals surface area contributed by atoms with Gasteiger partial charge in [0.15, 0.2) is 17.0 Å². The number of fused-ring (bicyclic) bond motifs is 1. The summed E-state index contributed by atoms with van der Waals surface area (Å²) >= 11 is 0. The molecule has 176 valence electrons. The van der Waals surface area contributed by atoms with E-state index in [0.29, 0.717) is 10.1 Å². The lowest BCUT2D eigenvalue weighted by molar-refractivity contribution is -0.142. The highest BCUT2D eigenvalue weighted by Crippen LogP contribution is 2.33. The number of benzene rings is 2. The number of nitrogens with zero attached hydrogens (tertiary/aromatic N) is 3. The number of ether oxygens (including phenoxy) is 1. The van der Waals surface area contributed by atoms with Gasteiger partial charge in [0.25, 0.3) is 5.91 Å². The van der Waals surface area contributed by atoms with E-state index >= 15 is 0 Å². The van der Waals surface area contributed by atoms with Crippen LogP contribution in [0.1, 0.15) is 21.7 Å². The molecule has 12 heteroatoms. The van der Waals surface area contributed by atoms with E-state index in [4.69, 9.17) is 0 Å². The van der Waals surface area contributed by atoms with Gasteiger partial charge in [-0.15, -0.1) is 0 Å². The average Bonchev–Trinajstić information content (AvgIpc) is 3.19. The largest absolute Gasteiger partial charge is 0.433 e. The van der Waals surface area contributed by atoms with Gasteiger partial charge >= 0.3 is 12.8 Å². The summed E-state index contributed by atoms with van der Waals surface area (Å²) in [7, 11) is 0. The minimum Gasteiger partial charge on any atom is -0.433 e. The Labute approximate surface area is 187 Å². The van der Waals surface area contributed by atoms with Crippen molar-refractivity contribution in [2.24, 2.45) is 0 Å². The van der Waals surface area contributed by atoms with E-state index in [1.807, 2.05) is 0 Å². The fourth-order valence-electron chi connectivity index (χ4n) is 3.18. The highest BCUT2D eigenvalue weighted by molar-refractivity contribution is 6.04. The molecule has 0 radical (unpaired) electrons. The smallest absolute Gasteiger partial charge is 0.433 e. The lowest BCUT2D eigenvalue weighted by Gasteiger charge is -2.12. The summed E-state index contributed by atoms with van der Waals surface area (Å²) in [5, 5.41) is 6.03. The molecule has 6 nitrogen and oxygen atoms in total. The third-order valence-corrected chi connectivity index (χ3v) is 4.69. The first-order valence-electron chi connectivity index (χ1n) is 9.62. The number of nitrogens with one attached hydrogen (secondary N) is 1. The molecule has 2 heterocycles. The number of aromatic nitrogens is 3. The van der Waals surface area contributed by atoms with Crippen LogP contribution < -0.4 is 10.1 Å². The van der Waals surface area contributed by atoms with Crippen molar-refractivity contribution in [1.82, 2.24) is 14.6 Å². The third-order valence-electron chi connectivity index (χ3n) is 4.69. The Morgan fingerprint density at radius 1 is 1.06 bits per heavy atom. The molecule has 0 saturated carbocycles. The van der Waals surface area contributed by atoms with Crippen LogP contribution >= 0.6 is 0 Å². The minimum absolute atomic E-state index is 0.113. The van der Waals surface area contributed by atoms with Crippen LogP contribution in [0.15, 0.2) is 54.6 Å². The Morgan fingerprint density at radius 3 is 2.41 bits per heavy atom. The summed E-state index contributed by atoms with van der Waals surface area (Å²) in [5.41, 5.74) is -1.36. The van der Waals surface area contributed by atoms with Crippen molar-refractivity contribution < 1.29 is 35.9 Å². The van der Waals surface area contributed by atoms with Crippen LogP contribution in [0, 0.1) is 12.7 Å². The number of alkyl halides is 5. The molecule has 1 amide bonds. The maximum Gasteiger partial charge on any atom is 0.433 e. The zero-order chi connectivity index (χ0) is 24.6. The van der Waals surface area contributed by atoms with Gasteiger partial charge in [-0.05, 0) is 55.0 Å². The second kappa shape index (κ2) is 8.69. The molecule has 0 bridgehead atoms. The van der Waals surface area contributed by atoms with Gasteiger partial charge in [0.2, 0.25) is 0 Å². The molecule has 0 aliphatic carbocycles. The van der Waals surface area contributed by atoms with Crippen LogP contribution in [0.2, 0.25) is 0 Å². The lowest BCUT2D eigenvalue weighted by Crippen LogP contribution is -2.16. The number of aryl methyl sites for hydroxylation is 1. The summed E-state index contributed by atoms with van der Waals surface area (Å²) in [6.07, 6.45) is -4.86. The standard InChI is InChI=1S/C22H14F6N4O2/c1-11-2-7-17(34-21(24)25)15(8-11)30-20(33)16-10-19-29-14(12-3-5-13(23)6-4-12)9-18(22(26,27)28)32(19)31-16/h2-10,21H,1H3,(H,30,33). The molecule has 34 heavy (non-hydrogen) atoms. The van der Waals surface area contributed by atoms with E-state index in [-0.39, 0.29) is 28.3 Å². The monoisotopic (exact) mass is 480 g/mol. The quantitative estimate of drug-likeness (QED) is 0.371. The fraction of sp³-hybridized carbons (Fsp3) is 0.136. The number of halogens is 6. The van der Waals surface area contributed by atoms with Crippen LogP contribution in [-0.4, -0.2) is 27.1 Å². The number of carbonyl (C=O) groups is 1. The van der Waals surface area contributed by atoms with Crippen molar-refractivity contribution in [3.63, 3.8) is 0 Å². The number of carbonyl (C=O) groups excluding carboxylic acids is 1. The van der Waals surface area contributed by atoms with Crippen molar-refractivity contribution in [2.45, 2.75) is 19.7 Å². The first-order valence-corrected chi connectivity index (χ1v) is 9.62. The Kier molecular flexibility index (Phi) is 5.90. The predicted octanol–water partition coefficient (Wildman–Crippen LogP) is 5.72. The van der Waals surface area contributed by atoms with Crippen molar-refractivity contribution in [3.05, 3.63) is 77.4 Å². The first-order chi connectivity index (χ1) is 16.0. The first kappa shape index (κ1) is 23.1. The van der Waals surface area contributed by atoms with E-state index in [9.17, 15) is 31.1 Å². The van der Waals surface area contributed by atoms with Gasteiger partial charge in [-0.25, -0.2) is 13.9 Å². The Hall–Kier alpha value is -4.09. The number of anilines is 1. The van der Waals surface area contributed by atoms with Gasteiger partial charge in [0, 0.05) is 11.6 Å². The van der Waals surface area contributed by atoms with Gasteiger partial charge in [0.1, 0.15) is 11.6 Å². The summed E-state index contributed by atoms with van der Waals surface area (Å²) in [6, 6.07) is 10.5. The number of amides is 1. The maximum absolute atomic E-state index is 13.7. The Morgan fingerprint density at radius 2 is 1.76 bits per heavy atom. The number of hydrogen-bond donors (Lipinski definition) is 1. The SMILES string of the molecule is Cc1ccc(OC(F)F)c(NC(=O)c2cc3nc(-c4ccc(F)cc4)cc(C(F)(F)F)n3n2)c1. The van der Waals surface area contributed by atoms with E-state index < -0.39 is 35.9 Å². The molecule has 0 spiro atoms. The van der Waals surface area contributed by atoms with Gasteiger partial charge < -0.3 is 10.1 Å². The van der Waals surface area contributed by atoms with Crippen molar-refractivity contribution in [2.75, 3.05) is 5.32 Å². The fourth-order valence-corrected chi connectivity index (χ4v) is 3.18. The normalized spacial score (nSPS) is 11.8. The molecule has 0 atom stereocenters. The van der Waals surface area contributed by atoms with E-state index in [1.54, 1.807) is 6.92 Å². The summed E-state index contributed by atoms with van der Waals surface area (Å²) in [5.74, 6) is -1.87. The molecule has 2 aromatic carbocycles. The molecule has 0 saturated heterocycles. The summed E-state index contributed by atoms with van der Waals surface area (Å²) < 4.78 is 84.5. The molecule has 0 aliphatic rings. The predicted molar refractivity (Wildman–Crippen MR) is 109 cm³/mol. The molecule has 0 unspecified atom stereocenters. The molecule has 0 aliphatic heterocycles. The molecule has 4 rings (SSSR count). The lowest BCUT2D eigenvalue weighted by atomic mass is 10.1. The maximum atomic E-state index is 13.7. The van der Waals surface area contributed by atoms with Crippen molar-refractivity contribution in [1.29, 1.82) is 0 Å². The minimum atomic E-state index is -4.86. The molecule has 0 fully saturated rings. The van der Waals surface area contributed by atoms with Gasteiger partial charge in [-0.1, -0.05) is 6.07 Å². The second-order valence-corrected chi connectivity index (χ2v) is 7.16. The topological polar surface area (TPSA) is 68.5 Å². The van der Waals surface area contributed by atoms with Gasteiger partial charge in [-0.3, -0.25) is 4.79 Å². The molecule has 4 aromatic rings. The van der Waals surface area contributed by atoms with Crippen LogP contribution in [0.5, 0.6) is 5.75 Å². The zero-order valence-corrected chi connectivity index (χ0v) is 17.2. The highest BCUT2D eigenvalue weighted by atomic mass is 19.4. The molecule has 1 N–H and O–H groups in total. The zero-order valence-electron chi connectivity index (χ0n) is 17.2. The average molecular weight is 480 g/mol. The van der Waals surface area contributed by atoms with E-state index in [2.05, 4.69) is 20.1 Å². The number of rotatable bonds is 5. The second-order valence-electron chi connectivity index (χ2n) is 7.16. The number of hydrogen-bond acceptors (Lipinski definition) is 4. The molecular weight excluding hydrogens is 466 g/mol. The van der Waals surface area contributed by atoms with Crippen molar-refractivity contribution >= 4 is 17.2 Å². The molecule has 2 aromatic heterocycles. The third kappa shape index (κ3) is 4.80. The van der Waals surface area contributed by atoms with E-state index in [0.717, 1.165) is 24.3 Å². The Balaban J connectivity index is 1.75. The van der Waals surface area contributed by atoms with E-state index in [1.165, 1.54) is 30.3 Å². The summed E-state index contributed by atoms with van der Waals surface area (Å²) in [4.78, 5) is 16.8. The van der Waals surface area contributed by atoms with Crippen LogP contribution in [0.4, 0.5) is 32.0 Å². The van der Waals surface area contributed by atoms with Crippen LogP contribution in [-0.2, 0) is 6.18 Å². The van der Waals surface area contributed by atoms with Gasteiger partial charge in [-0.2, -0.15) is 27.1 Å². The Bertz CT molecular complexity index is 1370. The van der Waals surface area contributed by atoms with Crippen LogP contribution in [0.25, 0.3) is 16.9 Å². The van der Waals surface area contributed by atoms with Crippen molar-refractivity contribution in [3.8, 4) is 17.0 Å². The van der Waals surface area contributed by atoms with Gasteiger partial charge in [0.05, 0.1) is 11.4 Å². The van der Waals surface area contributed by atoms with Crippen LogP contribution in [0.3, 0.4) is 0 Å². The molecular formula is C22H14F6N4O2. The summed E-state index contributed by atoms with van der Waals surface area (Å²) in [6.45, 7) is -1.51. The highest BCUT2D eigenvalue weighted by Gasteiger charge is 2.35.